The minimum Gasteiger partial charge on any atom is -0.489 e. The van der Waals surface area contributed by atoms with Gasteiger partial charge in [0.2, 0.25) is 0 Å². The van der Waals surface area contributed by atoms with Gasteiger partial charge in [-0.25, -0.2) is 0 Å². The third-order valence-corrected chi connectivity index (χ3v) is 1.73. The van der Waals surface area contributed by atoms with Crippen molar-refractivity contribution >= 4 is 0 Å². The fourth-order valence-electron chi connectivity index (χ4n) is 1.00. The van der Waals surface area contributed by atoms with E-state index in [1.807, 2.05) is 43.3 Å². The molecule has 1 aromatic carbocycles. The molecular weight excluding hydrogens is 160 g/mol. The third kappa shape index (κ3) is 3.16. The van der Waals surface area contributed by atoms with Gasteiger partial charge in [-0.05, 0) is 24.6 Å². The molecule has 0 heterocycles. The Morgan fingerprint density at radius 1 is 1.38 bits per heavy atom. The van der Waals surface area contributed by atoms with Crippen molar-refractivity contribution in [2.24, 2.45) is 0 Å². The lowest BCUT2D eigenvalue weighted by Crippen LogP contribution is -1.90. The van der Waals surface area contributed by atoms with Crippen LogP contribution in [0.2, 0.25) is 0 Å². The summed E-state index contributed by atoms with van der Waals surface area (Å²) in [5.74, 6) is 0.823. The first-order valence-corrected chi connectivity index (χ1v) is 4.32. The fraction of sp³-hybridized carbons (Fsp3) is 0.167. The topological polar surface area (TPSA) is 9.23 Å². The van der Waals surface area contributed by atoms with Gasteiger partial charge in [-0.3, -0.25) is 0 Å². The van der Waals surface area contributed by atoms with Gasteiger partial charge < -0.3 is 4.74 Å². The molecule has 68 valence electrons. The Bertz CT molecular complexity index is 285. The van der Waals surface area contributed by atoms with Crippen molar-refractivity contribution in [2.45, 2.75) is 13.5 Å². The normalized spacial score (nSPS) is 11.0. The van der Waals surface area contributed by atoms with E-state index in [1.54, 1.807) is 6.08 Å². The average molecular weight is 174 g/mol. The van der Waals surface area contributed by atoms with Gasteiger partial charge in [0.05, 0.1) is 0 Å². The molecule has 0 aromatic heterocycles. The summed E-state index contributed by atoms with van der Waals surface area (Å²) in [5, 5.41) is 0. The molecule has 0 bridgehead atoms. The molecule has 0 amide bonds. The molecule has 0 saturated carbocycles. The molecule has 0 unspecified atom stereocenters. The first-order chi connectivity index (χ1) is 6.36. The number of hydrogen-bond acceptors (Lipinski definition) is 1. The number of ether oxygens (including phenoxy) is 1. The summed E-state index contributed by atoms with van der Waals surface area (Å²) < 4.78 is 5.47. The molecule has 1 nitrogen and oxygen atoms in total. The SMILES string of the molecule is C=C/C(=C\C)OCc1ccccc1. The number of hydrogen-bond donors (Lipinski definition) is 0. The minimum absolute atomic E-state index is 0.604. The highest BCUT2D eigenvalue weighted by Gasteiger charge is 1.92. The molecule has 0 fully saturated rings. The first kappa shape index (κ1) is 9.59. The Morgan fingerprint density at radius 3 is 2.62 bits per heavy atom. The lowest BCUT2D eigenvalue weighted by atomic mass is 10.2. The van der Waals surface area contributed by atoms with E-state index in [0.717, 1.165) is 5.76 Å². The van der Waals surface area contributed by atoms with E-state index in [9.17, 15) is 0 Å². The van der Waals surface area contributed by atoms with Crippen molar-refractivity contribution in [1.82, 2.24) is 0 Å². The second-order valence-electron chi connectivity index (χ2n) is 2.67. The van der Waals surface area contributed by atoms with E-state index >= 15 is 0 Å². The molecular formula is C12H14O. The number of benzene rings is 1. The molecule has 0 radical (unpaired) electrons. The van der Waals surface area contributed by atoms with Crippen LogP contribution in [0.25, 0.3) is 0 Å². The molecule has 0 N–H and O–H groups in total. The van der Waals surface area contributed by atoms with Crippen molar-refractivity contribution in [2.75, 3.05) is 0 Å². The molecule has 0 aliphatic rings. The molecule has 0 aliphatic heterocycles. The van der Waals surface area contributed by atoms with Gasteiger partial charge in [-0.1, -0.05) is 36.9 Å². The Morgan fingerprint density at radius 2 is 2.08 bits per heavy atom. The first-order valence-electron chi connectivity index (χ1n) is 4.32. The summed E-state index contributed by atoms with van der Waals surface area (Å²) in [6.45, 7) is 6.19. The van der Waals surface area contributed by atoms with Crippen LogP contribution in [0.15, 0.2) is 54.8 Å². The maximum Gasteiger partial charge on any atom is 0.114 e. The second kappa shape index (κ2) is 5.20. The fourth-order valence-corrected chi connectivity index (χ4v) is 1.00. The van der Waals surface area contributed by atoms with Crippen LogP contribution in [-0.4, -0.2) is 0 Å². The molecule has 0 aliphatic carbocycles. The lowest BCUT2D eigenvalue weighted by molar-refractivity contribution is 0.211. The zero-order valence-corrected chi connectivity index (χ0v) is 7.86. The van der Waals surface area contributed by atoms with Gasteiger partial charge in [-0.2, -0.15) is 0 Å². The van der Waals surface area contributed by atoms with Crippen LogP contribution in [0.1, 0.15) is 12.5 Å². The van der Waals surface area contributed by atoms with Crippen LogP contribution in [-0.2, 0) is 11.3 Å². The summed E-state index contributed by atoms with van der Waals surface area (Å²) in [7, 11) is 0. The van der Waals surface area contributed by atoms with E-state index in [2.05, 4.69) is 6.58 Å². The minimum atomic E-state index is 0.604. The van der Waals surface area contributed by atoms with Gasteiger partial charge in [0.1, 0.15) is 12.4 Å². The summed E-state index contributed by atoms with van der Waals surface area (Å²) in [6, 6.07) is 10.1. The van der Waals surface area contributed by atoms with E-state index < -0.39 is 0 Å². The smallest absolute Gasteiger partial charge is 0.114 e. The van der Waals surface area contributed by atoms with Crippen LogP contribution >= 0.6 is 0 Å². The van der Waals surface area contributed by atoms with Crippen molar-refractivity contribution < 1.29 is 4.74 Å². The average Bonchev–Trinajstić information content (AvgIpc) is 2.21. The molecule has 1 heteroatoms. The highest BCUT2D eigenvalue weighted by Crippen LogP contribution is 2.05. The maximum atomic E-state index is 5.47. The summed E-state index contributed by atoms with van der Waals surface area (Å²) in [4.78, 5) is 0. The third-order valence-electron chi connectivity index (χ3n) is 1.73. The summed E-state index contributed by atoms with van der Waals surface area (Å²) in [6.07, 6.45) is 3.61. The molecule has 1 aromatic rings. The highest BCUT2D eigenvalue weighted by atomic mass is 16.5. The van der Waals surface area contributed by atoms with Crippen molar-refractivity contribution in [3.05, 3.63) is 60.4 Å². The monoisotopic (exact) mass is 174 g/mol. The summed E-state index contributed by atoms with van der Waals surface area (Å²) >= 11 is 0. The predicted molar refractivity (Wildman–Crippen MR) is 55.2 cm³/mol. The van der Waals surface area contributed by atoms with E-state index in [1.165, 1.54) is 5.56 Å². The summed E-state index contributed by atoms with van der Waals surface area (Å²) in [5.41, 5.74) is 1.17. The van der Waals surface area contributed by atoms with E-state index in [4.69, 9.17) is 4.74 Å². The van der Waals surface area contributed by atoms with E-state index in [0.29, 0.717) is 6.61 Å². The number of rotatable bonds is 4. The van der Waals surface area contributed by atoms with E-state index in [-0.39, 0.29) is 0 Å². The molecule has 0 atom stereocenters. The Hall–Kier alpha value is -1.50. The molecule has 0 spiro atoms. The Labute approximate surface area is 79.4 Å². The predicted octanol–water partition coefficient (Wildman–Crippen LogP) is 3.29. The largest absolute Gasteiger partial charge is 0.489 e. The molecule has 1 rings (SSSR count). The molecule has 13 heavy (non-hydrogen) atoms. The molecule has 0 saturated heterocycles. The van der Waals surface area contributed by atoms with Gasteiger partial charge in [0.15, 0.2) is 0 Å². The van der Waals surface area contributed by atoms with Crippen LogP contribution in [0, 0.1) is 0 Å². The highest BCUT2D eigenvalue weighted by molar-refractivity contribution is 5.15. The van der Waals surface area contributed by atoms with Gasteiger partial charge in [0, 0.05) is 0 Å². The van der Waals surface area contributed by atoms with Crippen LogP contribution in [0.4, 0.5) is 0 Å². The standard InChI is InChI=1S/C12H14O/c1-3-12(4-2)13-10-11-8-6-5-7-9-11/h3-9H,1,10H2,2H3/b12-4+. The van der Waals surface area contributed by atoms with Crippen molar-refractivity contribution in [3.8, 4) is 0 Å². The Balaban J connectivity index is 2.48. The Kier molecular flexibility index (Phi) is 3.83. The zero-order chi connectivity index (χ0) is 9.52. The van der Waals surface area contributed by atoms with Gasteiger partial charge in [0.25, 0.3) is 0 Å². The van der Waals surface area contributed by atoms with Crippen LogP contribution in [0.5, 0.6) is 0 Å². The lowest BCUT2D eigenvalue weighted by Gasteiger charge is -2.05. The number of allylic oxidation sites excluding steroid dienone is 2. The van der Waals surface area contributed by atoms with Crippen LogP contribution in [0.3, 0.4) is 0 Å². The second-order valence-corrected chi connectivity index (χ2v) is 2.67. The zero-order valence-electron chi connectivity index (χ0n) is 7.86. The van der Waals surface area contributed by atoms with Gasteiger partial charge >= 0.3 is 0 Å². The maximum absolute atomic E-state index is 5.47. The van der Waals surface area contributed by atoms with Crippen molar-refractivity contribution in [3.63, 3.8) is 0 Å². The van der Waals surface area contributed by atoms with Gasteiger partial charge in [-0.15, -0.1) is 0 Å². The van der Waals surface area contributed by atoms with Crippen LogP contribution < -0.4 is 0 Å². The van der Waals surface area contributed by atoms with Crippen molar-refractivity contribution in [1.29, 1.82) is 0 Å². The quantitative estimate of drug-likeness (QED) is 0.502.